The lowest BCUT2D eigenvalue weighted by Gasteiger charge is -2.14. The topological polar surface area (TPSA) is 61.3 Å². The molecule has 1 aromatic heterocycles. The highest BCUT2D eigenvalue weighted by molar-refractivity contribution is 5.74. The van der Waals surface area contributed by atoms with Crippen LogP contribution in [-0.2, 0) is 16.0 Å². The van der Waals surface area contributed by atoms with Crippen molar-refractivity contribution in [3.05, 3.63) is 66.5 Å². The molecule has 5 heteroatoms. The van der Waals surface area contributed by atoms with Crippen molar-refractivity contribution in [1.82, 2.24) is 9.97 Å². The summed E-state index contributed by atoms with van der Waals surface area (Å²) in [5, 5.41) is 0. The van der Waals surface area contributed by atoms with E-state index in [-0.39, 0.29) is 5.97 Å². The van der Waals surface area contributed by atoms with Crippen molar-refractivity contribution in [2.75, 3.05) is 6.61 Å². The fourth-order valence-corrected chi connectivity index (χ4v) is 4.56. The number of hydrogen-bond acceptors (Lipinski definition) is 5. The van der Waals surface area contributed by atoms with Gasteiger partial charge in [-0.05, 0) is 61.6 Å². The van der Waals surface area contributed by atoms with Gasteiger partial charge in [-0.3, -0.25) is 0 Å². The Hall–Kier alpha value is -3.21. The van der Waals surface area contributed by atoms with E-state index in [9.17, 15) is 4.79 Å². The molecule has 0 amide bonds. The molecule has 0 aliphatic carbocycles. The highest BCUT2D eigenvalue weighted by Crippen LogP contribution is 2.24. The van der Waals surface area contributed by atoms with Gasteiger partial charge in [0.25, 0.3) is 0 Å². The number of unbranched alkanes of at least 4 members (excludes halogenated alkanes) is 9. The Bertz CT molecular complexity index is 1080. The first-order valence-corrected chi connectivity index (χ1v) is 15.0. The average Bonchev–Trinajstić information content (AvgIpc) is 2.97. The predicted molar refractivity (Wildman–Crippen MR) is 160 cm³/mol. The minimum absolute atomic E-state index is 0.355. The zero-order chi connectivity index (χ0) is 27.7. The van der Waals surface area contributed by atoms with Gasteiger partial charge in [-0.15, -0.1) is 0 Å². The lowest BCUT2D eigenvalue weighted by Crippen LogP contribution is -2.26. The maximum atomic E-state index is 11.9. The van der Waals surface area contributed by atoms with E-state index in [4.69, 9.17) is 9.47 Å². The van der Waals surface area contributed by atoms with Gasteiger partial charge < -0.3 is 9.47 Å². The zero-order valence-electron chi connectivity index (χ0n) is 24.2. The van der Waals surface area contributed by atoms with Crippen molar-refractivity contribution < 1.29 is 14.3 Å². The molecular formula is C34H46N2O3. The summed E-state index contributed by atoms with van der Waals surface area (Å²) < 4.78 is 10.8. The van der Waals surface area contributed by atoms with E-state index >= 15 is 0 Å². The van der Waals surface area contributed by atoms with Gasteiger partial charge in [0.05, 0.1) is 6.61 Å². The number of aromatic nitrogens is 2. The predicted octanol–water partition coefficient (Wildman–Crippen LogP) is 8.99. The van der Waals surface area contributed by atoms with Gasteiger partial charge in [0.2, 0.25) is 0 Å². The molecule has 5 nitrogen and oxygen atoms in total. The highest BCUT2D eigenvalue weighted by Gasteiger charge is 2.16. The molecule has 0 aliphatic heterocycles. The lowest BCUT2D eigenvalue weighted by molar-refractivity contribution is -0.151. The largest absolute Gasteiger partial charge is 0.479 e. The molecule has 0 fully saturated rings. The number of benzene rings is 2. The van der Waals surface area contributed by atoms with Crippen LogP contribution in [0, 0.1) is 0 Å². The second kappa shape index (κ2) is 17.4. The third-order valence-corrected chi connectivity index (χ3v) is 6.96. The average molecular weight is 531 g/mol. The quantitative estimate of drug-likeness (QED) is 0.121. The SMILES string of the molecule is CCCCCCCCCCCCc1ccc(-c2cnc(-c3ccc(OC(C)C(=O)OCCC)cc3)nc2)cc1. The molecule has 210 valence electrons. The second-order valence-electron chi connectivity index (χ2n) is 10.4. The molecule has 1 atom stereocenters. The summed E-state index contributed by atoms with van der Waals surface area (Å²) in [5.41, 5.74) is 4.41. The molecule has 0 aliphatic rings. The van der Waals surface area contributed by atoms with Crippen LogP contribution in [0.5, 0.6) is 5.75 Å². The molecule has 2 aromatic carbocycles. The molecule has 3 aromatic rings. The van der Waals surface area contributed by atoms with Crippen LogP contribution >= 0.6 is 0 Å². The molecule has 39 heavy (non-hydrogen) atoms. The van der Waals surface area contributed by atoms with E-state index in [1.807, 2.05) is 43.6 Å². The molecule has 0 radical (unpaired) electrons. The van der Waals surface area contributed by atoms with Gasteiger partial charge in [0.15, 0.2) is 11.9 Å². The fraction of sp³-hybridized carbons (Fsp3) is 0.500. The monoisotopic (exact) mass is 530 g/mol. The maximum absolute atomic E-state index is 11.9. The summed E-state index contributed by atoms with van der Waals surface area (Å²) in [5.74, 6) is 0.902. The Balaban J connectivity index is 1.41. The highest BCUT2D eigenvalue weighted by atomic mass is 16.6. The number of nitrogens with zero attached hydrogens (tertiary/aromatic N) is 2. The minimum atomic E-state index is -0.653. The number of carbonyl (C=O) groups excluding carboxylic acids is 1. The van der Waals surface area contributed by atoms with Gasteiger partial charge in [0, 0.05) is 23.5 Å². The van der Waals surface area contributed by atoms with E-state index in [0.29, 0.717) is 18.2 Å². The van der Waals surface area contributed by atoms with Crippen LogP contribution in [0.2, 0.25) is 0 Å². The number of carbonyl (C=O) groups is 1. The number of aryl methyl sites for hydroxylation is 1. The van der Waals surface area contributed by atoms with Crippen molar-refractivity contribution in [1.29, 1.82) is 0 Å². The maximum Gasteiger partial charge on any atom is 0.347 e. The Kier molecular flexibility index (Phi) is 13.5. The molecule has 1 heterocycles. The van der Waals surface area contributed by atoms with Gasteiger partial charge in [-0.25, -0.2) is 14.8 Å². The third kappa shape index (κ3) is 10.8. The third-order valence-electron chi connectivity index (χ3n) is 6.96. The van der Waals surface area contributed by atoms with Gasteiger partial charge in [-0.2, -0.15) is 0 Å². The van der Waals surface area contributed by atoms with Crippen LogP contribution < -0.4 is 4.74 Å². The van der Waals surface area contributed by atoms with Crippen LogP contribution in [-0.4, -0.2) is 28.6 Å². The van der Waals surface area contributed by atoms with Crippen molar-refractivity contribution in [2.24, 2.45) is 0 Å². The normalized spacial score (nSPS) is 11.8. The first kappa shape index (κ1) is 30.3. The van der Waals surface area contributed by atoms with Crippen molar-refractivity contribution in [3.63, 3.8) is 0 Å². The first-order chi connectivity index (χ1) is 19.1. The molecule has 0 saturated heterocycles. The van der Waals surface area contributed by atoms with Gasteiger partial charge in [0.1, 0.15) is 5.75 Å². The van der Waals surface area contributed by atoms with Crippen LogP contribution in [0.1, 0.15) is 97.0 Å². The van der Waals surface area contributed by atoms with Crippen LogP contribution in [0.3, 0.4) is 0 Å². The van der Waals surface area contributed by atoms with E-state index in [1.54, 1.807) is 6.92 Å². The smallest absolute Gasteiger partial charge is 0.347 e. The van der Waals surface area contributed by atoms with Gasteiger partial charge in [-0.1, -0.05) is 95.9 Å². The Morgan fingerprint density at radius 3 is 1.85 bits per heavy atom. The summed E-state index contributed by atoms with van der Waals surface area (Å²) in [6.07, 6.45) is 18.7. The molecule has 0 spiro atoms. The minimum Gasteiger partial charge on any atom is -0.479 e. The molecule has 0 bridgehead atoms. The summed E-state index contributed by atoms with van der Waals surface area (Å²) in [6.45, 7) is 6.33. The van der Waals surface area contributed by atoms with E-state index in [2.05, 4.69) is 41.2 Å². The number of hydrogen-bond donors (Lipinski definition) is 0. The van der Waals surface area contributed by atoms with E-state index in [0.717, 1.165) is 29.5 Å². The van der Waals surface area contributed by atoms with E-state index in [1.165, 1.54) is 69.8 Å². The van der Waals surface area contributed by atoms with Gasteiger partial charge >= 0.3 is 5.97 Å². The van der Waals surface area contributed by atoms with Crippen LogP contribution in [0.15, 0.2) is 60.9 Å². The second-order valence-corrected chi connectivity index (χ2v) is 10.4. The number of esters is 1. The zero-order valence-corrected chi connectivity index (χ0v) is 24.2. The Labute approximate surface area is 235 Å². The lowest BCUT2D eigenvalue weighted by atomic mass is 10.0. The molecule has 0 saturated carbocycles. The standard InChI is InChI=1S/C34H46N2O3/c1-4-6-7-8-9-10-11-12-13-14-15-28-16-18-29(19-17-28)31-25-35-33(36-26-31)30-20-22-32(23-21-30)39-27(3)34(37)38-24-5-2/h16-23,25-27H,4-15,24H2,1-3H3. The molecule has 1 unspecified atom stereocenters. The van der Waals surface area contributed by atoms with Crippen LogP contribution in [0.25, 0.3) is 22.5 Å². The summed E-state index contributed by atoms with van der Waals surface area (Å²) in [6, 6.07) is 16.2. The fourth-order valence-electron chi connectivity index (χ4n) is 4.56. The Morgan fingerprint density at radius 1 is 0.692 bits per heavy atom. The summed E-state index contributed by atoms with van der Waals surface area (Å²) in [4.78, 5) is 21.1. The van der Waals surface area contributed by atoms with Crippen molar-refractivity contribution in [3.8, 4) is 28.3 Å². The first-order valence-electron chi connectivity index (χ1n) is 15.0. The summed E-state index contributed by atoms with van der Waals surface area (Å²) in [7, 11) is 0. The molecule has 3 rings (SSSR count). The number of rotatable bonds is 18. The molecule has 0 N–H and O–H groups in total. The Morgan fingerprint density at radius 2 is 1.26 bits per heavy atom. The summed E-state index contributed by atoms with van der Waals surface area (Å²) >= 11 is 0. The van der Waals surface area contributed by atoms with Crippen LogP contribution in [0.4, 0.5) is 0 Å². The number of ether oxygens (including phenoxy) is 2. The van der Waals surface area contributed by atoms with Crippen molar-refractivity contribution in [2.45, 2.75) is 104 Å². The molecular weight excluding hydrogens is 484 g/mol. The van der Waals surface area contributed by atoms with E-state index < -0.39 is 6.10 Å². The van der Waals surface area contributed by atoms with Crippen molar-refractivity contribution >= 4 is 5.97 Å².